The van der Waals surface area contributed by atoms with Crippen molar-refractivity contribution in [1.82, 2.24) is 4.98 Å². The van der Waals surface area contributed by atoms with Gasteiger partial charge in [0, 0.05) is 23.3 Å². The molecule has 0 unspecified atom stereocenters. The third-order valence-corrected chi connectivity index (χ3v) is 5.09. The summed E-state index contributed by atoms with van der Waals surface area (Å²) in [5.41, 5.74) is 1.12. The monoisotopic (exact) mass is 317 g/mol. The summed E-state index contributed by atoms with van der Waals surface area (Å²) in [5, 5.41) is 0. The van der Waals surface area contributed by atoms with Gasteiger partial charge < -0.3 is 14.0 Å². The van der Waals surface area contributed by atoms with E-state index < -0.39 is 7.12 Å². The van der Waals surface area contributed by atoms with Gasteiger partial charge in [-0.1, -0.05) is 6.07 Å². The van der Waals surface area contributed by atoms with Gasteiger partial charge in [0.25, 0.3) is 0 Å². The molecule has 0 amide bonds. The van der Waals surface area contributed by atoms with E-state index >= 15 is 0 Å². The lowest BCUT2D eigenvalue weighted by Crippen LogP contribution is -2.41. The zero-order valence-corrected chi connectivity index (χ0v) is 14.5. The average molecular weight is 317 g/mol. The smallest absolute Gasteiger partial charge is 0.466 e. The van der Waals surface area contributed by atoms with Crippen LogP contribution in [0.25, 0.3) is 0 Å². The van der Waals surface area contributed by atoms with Crippen molar-refractivity contribution in [2.24, 2.45) is 5.92 Å². The third kappa shape index (κ3) is 3.02. The number of nitrogens with zero attached hydrogens (tertiary/aromatic N) is 1. The zero-order chi connectivity index (χ0) is 16.8. The van der Waals surface area contributed by atoms with E-state index in [0.29, 0.717) is 6.61 Å². The van der Waals surface area contributed by atoms with Gasteiger partial charge in [-0.15, -0.1) is 0 Å². The molecule has 1 aromatic heterocycles. The molecule has 1 aromatic rings. The largest absolute Gasteiger partial charge is 0.496 e. The number of aromatic nitrogens is 1. The fourth-order valence-electron chi connectivity index (χ4n) is 2.79. The van der Waals surface area contributed by atoms with Crippen LogP contribution in [0.5, 0.6) is 0 Å². The summed E-state index contributed by atoms with van der Waals surface area (Å²) in [6.07, 6.45) is 2.61. The predicted octanol–water partition coefficient (Wildman–Crippen LogP) is 2.05. The van der Waals surface area contributed by atoms with Gasteiger partial charge in [0.2, 0.25) is 0 Å². The molecule has 1 aliphatic carbocycles. The predicted molar refractivity (Wildman–Crippen MR) is 87.4 cm³/mol. The number of pyridine rings is 1. The van der Waals surface area contributed by atoms with Gasteiger partial charge in [-0.3, -0.25) is 9.78 Å². The molecule has 2 atom stereocenters. The van der Waals surface area contributed by atoms with Crippen LogP contribution in [0.4, 0.5) is 0 Å². The minimum Gasteiger partial charge on any atom is -0.466 e. The fraction of sp³-hybridized carbons (Fsp3) is 0.647. The molecule has 2 fully saturated rings. The summed E-state index contributed by atoms with van der Waals surface area (Å²) >= 11 is 0. The topological polar surface area (TPSA) is 57.7 Å². The van der Waals surface area contributed by atoms with Crippen LogP contribution in [0.3, 0.4) is 0 Å². The molecule has 0 bridgehead atoms. The molecule has 2 heterocycles. The summed E-state index contributed by atoms with van der Waals surface area (Å²) < 4.78 is 17.1. The maximum atomic E-state index is 11.7. The van der Waals surface area contributed by atoms with Crippen LogP contribution in [0, 0.1) is 5.92 Å². The SMILES string of the molecule is CCOC(=O)[C@H]1C[C@@H]1c1ccc(B2OC(C)(C)C(C)(C)O2)cn1. The number of carbonyl (C=O) groups is 1. The Morgan fingerprint density at radius 1 is 1.30 bits per heavy atom. The van der Waals surface area contributed by atoms with Crippen molar-refractivity contribution >= 4 is 18.6 Å². The highest BCUT2D eigenvalue weighted by Gasteiger charge is 2.52. The maximum Gasteiger partial charge on any atom is 0.496 e. The second-order valence-corrected chi connectivity index (χ2v) is 7.31. The number of hydrogen-bond donors (Lipinski definition) is 0. The van der Waals surface area contributed by atoms with Crippen molar-refractivity contribution in [3.63, 3.8) is 0 Å². The van der Waals surface area contributed by atoms with E-state index in [9.17, 15) is 4.79 Å². The number of esters is 1. The Morgan fingerprint density at radius 3 is 2.48 bits per heavy atom. The molecule has 23 heavy (non-hydrogen) atoms. The molecule has 3 rings (SSSR count). The summed E-state index contributed by atoms with van der Waals surface area (Å²) in [4.78, 5) is 16.2. The molecule has 6 heteroatoms. The summed E-state index contributed by atoms with van der Waals surface area (Å²) in [7, 11) is -0.401. The van der Waals surface area contributed by atoms with Crippen LogP contribution >= 0.6 is 0 Å². The highest BCUT2D eigenvalue weighted by molar-refractivity contribution is 6.62. The quantitative estimate of drug-likeness (QED) is 0.628. The Labute approximate surface area is 137 Å². The Balaban J connectivity index is 1.67. The van der Waals surface area contributed by atoms with E-state index in [1.165, 1.54) is 0 Å². The van der Waals surface area contributed by atoms with Crippen LogP contribution < -0.4 is 5.46 Å². The molecule has 2 aliphatic rings. The van der Waals surface area contributed by atoms with E-state index in [0.717, 1.165) is 17.6 Å². The second kappa shape index (κ2) is 5.60. The molecule has 0 radical (unpaired) electrons. The van der Waals surface area contributed by atoms with E-state index in [1.54, 1.807) is 6.20 Å². The summed E-state index contributed by atoms with van der Waals surface area (Å²) in [5.74, 6) is 0.0286. The van der Waals surface area contributed by atoms with Crippen molar-refractivity contribution in [3.05, 3.63) is 24.0 Å². The van der Waals surface area contributed by atoms with Crippen LogP contribution in [-0.2, 0) is 18.8 Å². The summed E-state index contributed by atoms with van der Waals surface area (Å²) in [6, 6.07) is 3.94. The molecule has 0 aromatic carbocycles. The highest BCUT2D eigenvalue weighted by atomic mass is 16.7. The Kier molecular flexibility index (Phi) is 4.01. The first-order valence-corrected chi connectivity index (χ1v) is 8.23. The number of hydrogen-bond acceptors (Lipinski definition) is 5. The van der Waals surface area contributed by atoms with E-state index in [2.05, 4.69) is 4.98 Å². The van der Waals surface area contributed by atoms with Crippen LogP contribution in [0.15, 0.2) is 18.3 Å². The molecule has 5 nitrogen and oxygen atoms in total. The van der Waals surface area contributed by atoms with Crippen molar-refractivity contribution < 1.29 is 18.8 Å². The lowest BCUT2D eigenvalue weighted by molar-refractivity contribution is -0.144. The van der Waals surface area contributed by atoms with Gasteiger partial charge in [-0.2, -0.15) is 0 Å². The van der Waals surface area contributed by atoms with Crippen molar-refractivity contribution in [1.29, 1.82) is 0 Å². The third-order valence-electron chi connectivity index (χ3n) is 5.09. The highest BCUT2D eigenvalue weighted by Crippen LogP contribution is 2.47. The van der Waals surface area contributed by atoms with E-state index in [1.807, 2.05) is 46.8 Å². The van der Waals surface area contributed by atoms with Crippen molar-refractivity contribution in [3.8, 4) is 0 Å². The lowest BCUT2D eigenvalue weighted by atomic mass is 9.80. The zero-order valence-electron chi connectivity index (χ0n) is 14.5. The van der Waals surface area contributed by atoms with Gasteiger partial charge >= 0.3 is 13.1 Å². The Hall–Kier alpha value is -1.40. The van der Waals surface area contributed by atoms with Gasteiger partial charge in [-0.25, -0.2) is 0 Å². The van der Waals surface area contributed by atoms with E-state index in [4.69, 9.17) is 14.0 Å². The van der Waals surface area contributed by atoms with Gasteiger partial charge in [0.05, 0.1) is 23.7 Å². The number of rotatable bonds is 4. The first kappa shape index (κ1) is 16.5. The summed E-state index contributed by atoms with van der Waals surface area (Å²) in [6.45, 7) is 10.4. The van der Waals surface area contributed by atoms with Crippen LogP contribution in [0.2, 0.25) is 0 Å². The first-order valence-electron chi connectivity index (χ1n) is 8.23. The fourth-order valence-corrected chi connectivity index (χ4v) is 2.79. The minimum absolute atomic E-state index is 0.0369. The van der Waals surface area contributed by atoms with Crippen LogP contribution in [-0.4, -0.2) is 35.9 Å². The first-order chi connectivity index (χ1) is 10.7. The molecule has 124 valence electrons. The number of ether oxygens (including phenoxy) is 1. The second-order valence-electron chi connectivity index (χ2n) is 7.31. The molecular weight excluding hydrogens is 293 g/mol. The average Bonchev–Trinajstić information content (AvgIpc) is 3.23. The maximum absolute atomic E-state index is 11.7. The van der Waals surface area contributed by atoms with Gasteiger partial charge in [-0.05, 0) is 47.1 Å². The molecule has 0 spiro atoms. The lowest BCUT2D eigenvalue weighted by Gasteiger charge is -2.32. The van der Waals surface area contributed by atoms with Crippen molar-refractivity contribution in [2.45, 2.75) is 58.2 Å². The molecule has 1 saturated heterocycles. The van der Waals surface area contributed by atoms with Gasteiger partial charge in [0.1, 0.15) is 0 Å². The van der Waals surface area contributed by atoms with Gasteiger partial charge in [0.15, 0.2) is 0 Å². The normalized spacial score (nSPS) is 27.8. The molecule has 1 saturated carbocycles. The van der Waals surface area contributed by atoms with Crippen LogP contribution in [0.1, 0.15) is 52.7 Å². The molecule has 0 N–H and O–H groups in total. The minimum atomic E-state index is -0.401. The Bertz CT molecular complexity index is 583. The number of carbonyl (C=O) groups excluding carboxylic acids is 1. The standard InChI is InChI=1S/C17H24BNO4/c1-6-21-15(20)13-9-12(13)14-8-7-11(10-19-14)18-22-16(2,3)17(4,5)23-18/h7-8,10,12-13H,6,9H2,1-5H3/t12-,13-/m0/s1. The molecule has 1 aliphatic heterocycles. The molecular formula is C17H24BNO4. The van der Waals surface area contributed by atoms with Crippen molar-refractivity contribution in [2.75, 3.05) is 6.61 Å². The Morgan fingerprint density at radius 2 is 1.96 bits per heavy atom. The van der Waals surface area contributed by atoms with E-state index in [-0.39, 0.29) is 29.0 Å².